The number of alkyl halides is 1. The summed E-state index contributed by atoms with van der Waals surface area (Å²) in [7, 11) is 0. The monoisotopic (exact) mass is 314 g/mol. The lowest BCUT2D eigenvalue weighted by Crippen LogP contribution is -2.55. The van der Waals surface area contributed by atoms with Gasteiger partial charge in [-0.3, -0.25) is 9.79 Å². The Balaban J connectivity index is 1.77. The van der Waals surface area contributed by atoms with Gasteiger partial charge >= 0.3 is 5.97 Å². The van der Waals surface area contributed by atoms with E-state index < -0.39 is 11.6 Å². The van der Waals surface area contributed by atoms with Gasteiger partial charge in [0.05, 0.1) is 12.0 Å². The number of aliphatic imine (C=N–C) groups is 1. The fourth-order valence-corrected chi connectivity index (χ4v) is 4.81. The number of aliphatic carboxylic acids is 1. The number of carboxylic acids is 1. The molecule has 0 saturated heterocycles. The predicted octanol–water partition coefficient (Wildman–Crippen LogP) is 1.76. The number of hydrogen-bond acceptors (Lipinski definition) is 4. The predicted molar refractivity (Wildman–Crippen MR) is 80.4 cm³/mol. The highest BCUT2D eigenvalue weighted by Crippen LogP contribution is 2.48. The van der Waals surface area contributed by atoms with Gasteiger partial charge in [-0.25, -0.2) is 0 Å². The fraction of sp³-hybridized carbons (Fsp3) is 0.867. The Kier molecular flexibility index (Phi) is 3.91. The van der Waals surface area contributed by atoms with Crippen LogP contribution in [0.2, 0.25) is 0 Å². The lowest BCUT2D eigenvalue weighted by atomic mass is 9.65. The van der Waals surface area contributed by atoms with Crippen LogP contribution in [0.4, 0.5) is 0 Å². The largest absolute Gasteiger partial charge is 0.481 e. The first kappa shape index (κ1) is 15.1. The number of hydrogen-bond donors (Lipinski definition) is 3. The summed E-state index contributed by atoms with van der Waals surface area (Å²) >= 11 is 6.28. The van der Waals surface area contributed by atoms with Crippen LogP contribution in [0.3, 0.4) is 0 Å². The average Bonchev–Trinajstić information content (AvgIpc) is 2.72. The maximum atomic E-state index is 11.3. The van der Waals surface area contributed by atoms with Crippen molar-refractivity contribution in [2.45, 2.75) is 62.0 Å². The summed E-state index contributed by atoms with van der Waals surface area (Å²) < 4.78 is 0. The van der Waals surface area contributed by atoms with Gasteiger partial charge in [0, 0.05) is 11.3 Å². The van der Waals surface area contributed by atoms with Crippen molar-refractivity contribution in [2.75, 3.05) is 0 Å². The van der Waals surface area contributed by atoms with Crippen LogP contribution in [0, 0.1) is 17.8 Å². The van der Waals surface area contributed by atoms with E-state index in [1.165, 1.54) is 0 Å². The highest BCUT2D eigenvalue weighted by molar-refractivity contribution is 6.20. The van der Waals surface area contributed by atoms with Crippen LogP contribution in [0.15, 0.2) is 4.99 Å². The first-order chi connectivity index (χ1) is 9.92. The van der Waals surface area contributed by atoms with Gasteiger partial charge in [0.15, 0.2) is 0 Å². The Morgan fingerprint density at radius 1 is 1.24 bits per heavy atom. The topological polar surface area (TPSA) is 95.9 Å². The Hall–Kier alpha value is -0.810. The number of fused-ring (bicyclic) bond motifs is 1. The summed E-state index contributed by atoms with van der Waals surface area (Å²) in [5, 5.41) is 20.4. The van der Waals surface area contributed by atoms with Crippen molar-refractivity contribution in [3.8, 4) is 0 Å². The van der Waals surface area contributed by atoms with Crippen LogP contribution in [-0.4, -0.2) is 39.0 Å². The van der Waals surface area contributed by atoms with E-state index in [1.807, 2.05) is 0 Å². The van der Waals surface area contributed by atoms with Crippen LogP contribution in [0.5, 0.6) is 0 Å². The summed E-state index contributed by atoms with van der Waals surface area (Å²) in [6.45, 7) is 0. The first-order valence-electron chi connectivity index (χ1n) is 7.86. The Morgan fingerprint density at radius 3 is 2.52 bits per heavy atom. The van der Waals surface area contributed by atoms with Gasteiger partial charge in [0.2, 0.25) is 0 Å². The molecule has 4 atom stereocenters. The zero-order valence-electron chi connectivity index (χ0n) is 12.0. The molecule has 0 radical (unpaired) electrons. The van der Waals surface area contributed by atoms with Crippen molar-refractivity contribution in [1.82, 2.24) is 0 Å². The van der Waals surface area contributed by atoms with Gasteiger partial charge in [-0.2, -0.15) is 0 Å². The third-order valence-corrected chi connectivity index (χ3v) is 6.13. The number of rotatable bonds is 2. The second kappa shape index (κ2) is 5.43. The van der Waals surface area contributed by atoms with Crippen molar-refractivity contribution >= 4 is 23.4 Å². The highest BCUT2D eigenvalue weighted by atomic mass is 35.5. The van der Waals surface area contributed by atoms with E-state index >= 15 is 0 Å². The summed E-state index contributed by atoms with van der Waals surface area (Å²) in [6, 6.07) is 0.0854. The Morgan fingerprint density at radius 2 is 1.90 bits per heavy atom. The summed E-state index contributed by atoms with van der Waals surface area (Å²) in [6.07, 6.45) is 5.15. The van der Waals surface area contributed by atoms with Crippen molar-refractivity contribution in [1.29, 1.82) is 0 Å². The van der Waals surface area contributed by atoms with E-state index in [4.69, 9.17) is 22.4 Å². The molecule has 3 rings (SSSR count). The first-order valence-corrected chi connectivity index (χ1v) is 8.29. The number of nitrogens with two attached hydrogens (primary N) is 1. The number of aliphatic hydroxyl groups is 1. The van der Waals surface area contributed by atoms with E-state index in [9.17, 15) is 9.90 Å². The van der Waals surface area contributed by atoms with Gasteiger partial charge in [0.1, 0.15) is 11.4 Å². The minimum Gasteiger partial charge on any atom is -0.481 e. The van der Waals surface area contributed by atoms with Crippen molar-refractivity contribution in [3.05, 3.63) is 0 Å². The Labute approximate surface area is 129 Å². The molecule has 1 aliphatic heterocycles. The third kappa shape index (κ3) is 2.44. The van der Waals surface area contributed by atoms with Crippen molar-refractivity contribution in [3.63, 3.8) is 0 Å². The second-order valence-electron chi connectivity index (χ2n) is 6.81. The van der Waals surface area contributed by atoms with Gasteiger partial charge in [0.25, 0.3) is 0 Å². The molecule has 2 aliphatic carbocycles. The molecule has 1 heterocycles. The fourth-order valence-electron chi connectivity index (χ4n) is 4.50. The van der Waals surface area contributed by atoms with Crippen LogP contribution in [0.25, 0.3) is 0 Å². The Bertz CT molecular complexity index is 462. The molecule has 0 bridgehead atoms. The summed E-state index contributed by atoms with van der Waals surface area (Å²) in [4.78, 5) is 15.6. The number of carboxylic acid groups (broad SMARTS) is 1. The minimum atomic E-state index is -1.08. The zero-order chi connectivity index (χ0) is 15.2. The van der Waals surface area contributed by atoms with Crippen molar-refractivity contribution in [2.24, 2.45) is 28.5 Å². The quantitative estimate of drug-likeness (QED) is 0.677. The smallest absolute Gasteiger partial charge is 0.306 e. The molecule has 6 heteroatoms. The molecule has 0 amide bonds. The molecule has 2 saturated carbocycles. The lowest BCUT2D eigenvalue weighted by Gasteiger charge is -2.43. The molecule has 118 valence electrons. The van der Waals surface area contributed by atoms with Crippen LogP contribution in [-0.2, 0) is 4.79 Å². The van der Waals surface area contributed by atoms with Gasteiger partial charge in [-0.05, 0) is 50.9 Å². The van der Waals surface area contributed by atoms with E-state index in [0.717, 1.165) is 19.3 Å². The van der Waals surface area contributed by atoms with Crippen LogP contribution < -0.4 is 5.73 Å². The molecule has 5 nitrogen and oxygen atoms in total. The number of nitrogens with zero attached hydrogens (tertiary/aromatic N) is 1. The van der Waals surface area contributed by atoms with E-state index in [1.54, 1.807) is 0 Å². The van der Waals surface area contributed by atoms with Gasteiger partial charge in [-0.1, -0.05) is 0 Å². The third-order valence-electron chi connectivity index (χ3n) is 5.73. The van der Waals surface area contributed by atoms with Gasteiger partial charge in [-0.15, -0.1) is 11.6 Å². The number of amidine groups is 1. The average molecular weight is 315 g/mol. The maximum absolute atomic E-state index is 11.3. The number of halogens is 1. The van der Waals surface area contributed by atoms with E-state index in [-0.39, 0.29) is 29.2 Å². The van der Waals surface area contributed by atoms with Crippen molar-refractivity contribution < 1.29 is 15.0 Å². The molecule has 2 fully saturated rings. The van der Waals surface area contributed by atoms with E-state index in [0.29, 0.717) is 31.5 Å². The standard InChI is InChI=1S/C15H23ClN2O3/c16-10-5-6-12-11(7-10)15(21,14(17)18-12)9-3-1-8(2-4-9)13(19)20/h8-12,21H,1-7H2,(H2,17,18)(H,19,20). The maximum Gasteiger partial charge on any atom is 0.306 e. The molecule has 3 aliphatic rings. The molecule has 0 aromatic heterocycles. The van der Waals surface area contributed by atoms with Crippen LogP contribution >= 0.6 is 11.6 Å². The zero-order valence-corrected chi connectivity index (χ0v) is 12.8. The molecule has 0 spiro atoms. The van der Waals surface area contributed by atoms with Gasteiger partial charge < -0.3 is 15.9 Å². The van der Waals surface area contributed by atoms with E-state index in [2.05, 4.69) is 4.99 Å². The molecule has 4 unspecified atom stereocenters. The molecular weight excluding hydrogens is 292 g/mol. The highest BCUT2D eigenvalue weighted by Gasteiger charge is 2.56. The molecule has 0 aromatic carbocycles. The summed E-state index contributed by atoms with van der Waals surface area (Å²) in [5.41, 5.74) is 5.00. The SMILES string of the molecule is NC1=NC2CCC(Cl)CC2C1(O)C1CCC(C(=O)O)CC1. The lowest BCUT2D eigenvalue weighted by molar-refractivity contribution is -0.144. The second-order valence-corrected chi connectivity index (χ2v) is 7.43. The van der Waals surface area contributed by atoms with Crippen LogP contribution in [0.1, 0.15) is 44.9 Å². The molecular formula is C15H23ClN2O3. The normalized spacial score (nSPS) is 46.8. The molecule has 21 heavy (non-hydrogen) atoms. The summed E-state index contributed by atoms with van der Waals surface area (Å²) in [5.74, 6) is -0.659. The minimum absolute atomic E-state index is 0.000119. The molecule has 4 N–H and O–H groups in total. The number of carbonyl (C=O) groups is 1. The molecule has 0 aromatic rings.